The summed E-state index contributed by atoms with van der Waals surface area (Å²) in [7, 11) is 0. The van der Waals surface area contributed by atoms with Gasteiger partial charge in [0.2, 0.25) is 0 Å². The van der Waals surface area contributed by atoms with E-state index in [1.807, 2.05) is 18.3 Å². The maximum atomic E-state index is 5.64. The second-order valence-electron chi connectivity index (χ2n) is 4.46. The maximum Gasteiger partial charge on any atom is 0.139 e. The van der Waals surface area contributed by atoms with Crippen molar-refractivity contribution in [3.63, 3.8) is 0 Å². The Morgan fingerprint density at radius 3 is 2.85 bits per heavy atom. The Morgan fingerprint density at radius 1 is 1.25 bits per heavy atom. The zero-order valence-corrected chi connectivity index (χ0v) is 13.1. The van der Waals surface area contributed by atoms with Crippen molar-refractivity contribution in [1.82, 2.24) is 15.3 Å². The number of pyridine rings is 2. The molecule has 1 N–H and O–H groups in total. The molecule has 0 amide bonds. The van der Waals surface area contributed by atoms with Crippen LogP contribution in [0, 0.1) is 0 Å². The van der Waals surface area contributed by atoms with E-state index in [1.54, 1.807) is 12.4 Å². The Kier molecular flexibility index (Phi) is 5.95. The molecule has 4 nitrogen and oxygen atoms in total. The fourth-order valence-corrected chi connectivity index (χ4v) is 2.03. The molecule has 0 saturated carbocycles. The molecule has 0 aliphatic rings. The molecule has 106 valence electrons. The van der Waals surface area contributed by atoms with Crippen LogP contribution in [0.4, 0.5) is 0 Å². The maximum absolute atomic E-state index is 5.64. The molecule has 0 aliphatic carbocycles. The van der Waals surface area contributed by atoms with Gasteiger partial charge in [-0.25, -0.2) is 0 Å². The summed E-state index contributed by atoms with van der Waals surface area (Å²) in [6.07, 6.45) is 6.44. The highest BCUT2D eigenvalue weighted by atomic mass is 79.9. The lowest BCUT2D eigenvalue weighted by Crippen LogP contribution is -2.14. The molecule has 20 heavy (non-hydrogen) atoms. The first-order valence-corrected chi connectivity index (χ1v) is 7.45. The minimum absolute atomic E-state index is 0.445. The molecule has 0 radical (unpaired) electrons. The van der Waals surface area contributed by atoms with E-state index in [9.17, 15) is 0 Å². The van der Waals surface area contributed by atoms with Crippen molar-refractivity contribution in [2.24, 2.45) is 0 Å². The van der Waals surface area contributed by atoms with Gasteiger partial charge in [-0.1, -0.05) is 13.0 Å². The number of rotatable bonds is 7. The molecule has 5 heteroatoms. The van der Waals surface area contributed by atoms with Gasteiger partial charge in [-0.15, -0.1) is 0 Å². The summed E-state index contributed by atoms with van der Waals surface area (Å²) in [6, 6.07) is 5.96. The van der Waals surface area contributed by atoms with Gasteiger partial charge in [0.05, 0.1) is 11.9 Å². The average Bonchev–Trinajstić information content (AvgIpc) is 2.47. The largest absolute Gasteiger partial charge is 0.486 e. The van der Waals surface area contributed by atoms with Crippen molar-refractivity contribution >= 4 is 15.9 Å². The minimum Gasteiger partial charge on any atom is -0.486 e. The molecule has 2 aromatic heterocycles. The van der Waals surface area contributed by atoms with Crippen molar-refractivity contribution in [3.05, 3.63) is 52.5 Å². The molecule has 0 unspecified atom stereocenters. The monoisotopic (exact) mass is 335 g/mol. The van der Waals surface area contributed by atoms with E-state index in [0.29, 0.717) is 6.61 Å². The van der Waals surface area contributed by atoms with Gasteiger partial charge in [-0.2, -0.15) is 0 Å². The molecule has 0 aromatic carbocycles. The summed E-state index contributed by atoms with van der Waals surface area (Å²) >= 11 is 3.36. The van der Waals surface area contributed by atoms with Gasteiger partial charge in [-0.05, 0) is 46.6 Å². The predicted molar refractivity (Wildman–Crippen MR) is 82.5 cm³/mol. The van der Waals surface area contributed by atoms with Gasteiger partial charge in [0.15, 0.2) is 0 Å². The lowest BCUT2D eigenvalue weighted by molar-refractivity contribution is 0.300. The number of hydrogen-bond acceptors (Lipinski definition) is 4. The van der Waals surface area contributed by atoms with Gasteiger partial charge >= 0.3 is 0 Å². The van der Waals surface area contributed by atoms with Gasteiger partial charge in [0.25, 0.3) is 0 Å². The summed E-state index contributed by atoms with van der Waals surface area (Å²) in [5, 5.41) is 3.35. The Morgan fingerprint density at radius 2 is 2.15 bits per heavy atom. The van der Waals surface area contributed by atoms with Crippen LogP contribution in [0.3, 0.4) is 0 Å². The van der Waals surface area contributed by atoms with Crippen LogP contribution in [0.1, 0.15) is 24.6 Å². The van der Waals surface area contributed by atoms with Crippen molar-refractivity contribution in [3.8, 4) is 5.75 Å². The van der Waals surface area contributed by atoms with Crippen LogP contribution in [-0.2, 0) is 13.2 Å². The van der Waals surface area contributed by atoms with Crippen LogP contribution in [0.25, 0.3) is 0 Å². The second kappa shape index (κ2) is 7.97. The Balaban J connectivity index is 1.84. The fraction of sp³-hybridized carbons (Fsp3) is 0.333. The first-order chi connectivity index (χ1) is 9.78. The Hall–Kier alpha value is -1.46. The topological polar surface area (TPSA) is 47.0 Å². The number of nitrogens with zero attached hydrogens (tertiary/aromatic N) is 2. The molecule has 0 saturated heterocycles. The zero-order valence-electron chi connectivity index (χ0n) is 11.5. The van der Waals surface area contributed by atoms with Crippen LogP contribution in [-0.4, -0.2) is 16.5 Å². The number of ether oxygens (including phenoxy) is 1. The van der Waals surface area contributed by atoms with E-state index in [0.717, 1.165) is 35.4 Å². The normalized spacial score (nSPS) is 10.5. The molecule has 2 rings (SSSR count). The van der Waals surface area contributed by atoms with E-state index in [1.165, 1.54) is 5.56 Å². The van der Waals surface area contributed by atoms with E-state index < -0.39 is 0 Å². The van der Waals surface area contributed by atoms with Crippen molar-refractivity contribution < 1.29 is 4.74 Å². The van der Waals surface area contributed by atoms with Crippen molar-refractivity contribution in [2.45, 2.75) is 26.5 Å². The lowest BCUT2D eigenvalue weighted by Gasteiger charge is -2.07. The molecule has 2 aromatic rings. The van der Waals surface area contributed by atoms with E-state index >= 15 is 0 Å². The minimum atomic E-state index is 0.445. The summed E-state index contributed by atoms with van der Waals surface area (Å²) in [4.78, 5) is 8.45. The smallest absolute Gasteiger partial charge is 0.139 e. The number of halogens is 1. The molecule has 0 fully saturated rings. The van der Waals surface area contributed by atoms with E-state index in [4.69, 9.17) is 4.74 Å². The highest BCUT2D eigenvalue weighted by Crippen LogP contribution is 2.16. The molecule has 0 bridgehead atoms. The first kappa shape index (κ1) is 14.9. The van der Waals surface area contributed by atoms with E-state index in [-0.39, 0.29) is 0 Å². The average molecular weight is 336 g/mol. The van der Waals surface area contributed by atoms with Gasteiger partial charge in [-0.3, -0.25) is 9.97 Å². The molecular weight excluding hydrogens is 318 g/mol. The highest BCUT2D eigenvalue weighted by molar-refractivity contribution is 9.10. The summed E-state index contributed by atoms with van der Waals surface area (Å²) in [5.41, 5.74) is 2.09. The number of hydrogen-bond donors (Lipinski definition) is 1. The quantitative estimate of drug-likeness (QED) is 0.788. The van der Waals surface area contributed by atoms with Crippen LogP contribution in [0.2, 0.25) is 0 Å². The van der Waals surface area contributed by atoms with Crippen LogP contribution in [0.5, 0.6) is 5.75 Å². The predicted octanol–water partition coefficient (Wildman–Crippen LogP) is 3.32. The van der Waals surface area contributed by atoms with Crippen molar-refractivity contribution in [1.29, 1.82) is 0 Å². The molecular formula is C15H18BrN3O. The standard InChI is InChI=1S/C15H18BrN3O/c1-2-5-17-7-12-3-4-14(19-8-12)11-20-15-6-13(16)9-18-10-15/h3-4,6,8-10,17H,2,5,7,11H2,1H3. The van der Waals surface area contributed by atoms with Crippen molar-refractivity contribution in [2.75, 3.05) is 6.54 Å². The summed E-state index contributed by atoms with van der Waals surface area (Å²) in [5.74, 6) is 0.731. The first-order valence-electron chi connectivity index (χ1n) is 6.66. The molecule has 0 atom stereocenters. The third-order valence-corrected chi connectivity index (χ3v) is 3.14. The molecule has 0 aliphatic heterocycles. The highest BCUT2D eigenvalue weighted by Gasteiger charge is 1.99. The van der Waals surface area contributed by atoms with Gasteiger partial charge in [0, 0.05) is 23.4 Å². The zero-order chi connectivity index (χ0) is 14.2. The third-order valence-electron chi connectivity index (χ3n) is 2.71. The van der Waals surface area contributed by atoms with Crippen LogP contribution >= 0.6 is 15.9 Å². The Labute approximate surface area is 127 Å². The second-order valence-corrected chi connectivity index (χ2v) is 5.38. The van der Waals surface area contributed by atoms with Crippen LogP contribution in [0.15, 0.2) is 41.3 Å². The SMILES string of the molecule is CCCNCc1ccc(COc2cncc(Br)c2)nc1. The van der Waals surface area contributed by atoms with Gasteiger partial charge in [0.1, 0.15) is 12.4 Å². The molecule has 0 spiro atoms. The van der Waals surface area contributed by atoms with Gasteiger partial charge < -0.3 is 10.1 Å². The van der Waals surface area contributed by atoms with Crippen LogP contribution < -0.4 is 10.1 Å². The number of aromatic nitrogens is 2. The summed E-state index contributed by atoms with van der Waals surface area (Å²) < 4.78 is 6.54. The number of nitrogens with one attached hydrogen (secondary N) is 1. The molecule has 2 heterocycles. The summed E-state index contributed by atoms with van der Waals surface area (Å²) in [6.45, 7) is 4.49. The lowest BCUT2D eigenvalue weighted by atomic mass is 10.2. The Bertz CT molecular complexity index is 531. The third kappa shape index (κ3) is 4.90. The van der Waals surface area contributed by atoms with E-state index in [2.05, 4.69) is 44.2 Å². The fourth-order valence-electron chi connectivity index (χ4n) is 1.68.